The van der Waals surface area contributed by atoms with E-state index in [1.807, 2.05) is 0 Å². The molecule has 0 spiro atoms. The fourth-order valence-corrected chi connectivity index (χ4v) is 4.32. The number of benzene rings is 2. The lowest BCUT2D eigenvalue weighted by Crippen LogP contribution is -2.28. The summed E-state index contributed by atoms with van der Waals surface area (Å²) in [7, 11) is 0. The van der Waals surface area contributed by atoms with E-state index in [0.29, 0.717) is 23.6 Å². The van der Waals surface area contributed by atoms with Crippen LogP contribution in [-0.2, 0) is 11.4 Å². The minimum absolute atomic E-state index is 0.291. The maximum Gasteiger partial charge on any atom is 0.153 e. The maximum absolute atomic E-state index is 14.0. The zero-order valence-corrected chi connectivity index (χ0v) is 14.9. The Balaban J connectivity index is 1.58. The normalized spacial score (nSPS) is 22.7. The largest absolute Gasteiger partial charge is 0.372 e. The SMILES string of the molecule is OC1NOCc2c(-c3ccc(C4CCCNC4)cc3)[nH]c3cc(F)cc1c23. The van der Waals surface area contributed by atoms with E-state index < -0.39 is 6.23 Å². The Hall–Kier alpha value is -2.25. The average molecular weight is 367 g/mol. The molecule has 27 heavy (non-hydrogen) atoms. The third-order valence-electron chi connectivity index (χ3n) is 5.67. The van der Waals surface area contributed by atoms with Gasteiger partial charge < -0.3 is 15.4 Å². The molecular weight excluding hydrogens is 345 g/mol. The zero-order chi connectivity index (χ0) is 18.4. The summed E-state index contributed by atoms with van der Waals surface area (Å²) in [4.78, 5) is 8.74. The lowest BCUT2D eigenvalue weighted by molar-refractivity contribution is -0.0631. The number of rotatable bonds is 2. The lowest BCUT2D eigenvalue weighted by atomic mass is 9.90. The second-order valence-corrected chi connectivity index (χ2v) is 7.37. The first-order valence-electron chi connectivity index (χ1n) is 9.41. The fourth-order valence-electron chi connectivity index (χ4n) is 4.32. The molecule has 0 radical (unpaired) electrons. The molecule has 0 bridgehead atoms. The van der Waals surface area contributed by atoms with Crippen LogP contribution in [0.15, 0.2) is 36.4 Å². The van der Waals surface area contributed by atoms with Crippen LogP contribution in [0, 0.1) is 5.82 Å². The number of nitrogens with one attached hydrogen (secondary N) is 3. The van der Waals surface area contributed by atoms with E-state index >= 15 is 0 Å². The number of aliphatic hydroxyl groups excluding tert-OH is 1. The van der Waals surface area contributed by atoms with E-state index in [9.17, 15) is 9.50 Å². The number of hydrogen-bond donors (Lipinski definition) is 4. The van der Waals surface area contributed by atoms with E-state index in [1.54, 1.807) is 0 Å². The molecule has 6 heteroatoms. The van der Waals surface area contributed by atoms with E-state index in [-0.39, 0.29) is 5.82 Å². The molecule has 1 fully saturated rings. The van der Waals surface area contributed by atoms with Crippen LogP contribution in [-0.4, -0.2) is 23.2 Å². The second kappa shape index (κ2) is 6.73. The summed E-state index contributed by atoms with van der Waals surface area (Å²) in [6.07, 6.45) is 1.36. The highest BCUT2D eigenvalue weighted by Gasteiger charge is 2.24. The zero-order valence-electron chi connectivity index (χ0n) is 14.9. The maximum atomic E-state index is 14.0. The summed E-state index contributed by atoms with van der Waals surface area (Å²) >= 11 is 0. The molecule has 4 N–H and O–H groups in total. The van der Waals surface area contributed by atoms with Crippen LogP contribution in [0.1, 0.15) is 41.7 Å². The van der Waals surface area contributed by atoms with Crippen molar-refractivity contribution < 1.29 is 14.3 Å². The molecule has 0 amide bonds. The molecule has 0 aliphatic carbocycles. The van der Waals surface area contributed by atoms with Gasteiger partial charge in [-0.1, -0.05) is 24.3 Å². The van der Waals surface area contributed by atoms with Crippen molar-refractivity contribution in [1.29, 1.82) is 0 Å². The molecule has 1 saturated heterocycles. The fraction of sp³-hybridized carbons (Fsp3) is 0.333. The minimum atomic E-state index is -1.06. The molecule has 5 rings (SSSR count). The van der Waals surface area contributed by atoms with Crippen LogP contribution < -0.4 is 10.8 Å². The minimum Gasteiger partial charge on any atom is -0.372 e. The van der Waals surface area contributed by atoms with Gasteiger partial charge in [0.1, 0.15) is 5.82 Å². The first-order chi connectivity index (χ1) is 13.2. The van der Waals surface area contributed by atoms with Gasteiger partial charge in [-0.25, -0.2) is 4.39 Å². The van der Waals surface area contributed by atoms with Crippen LogP contribution in [0.3, 0.4) is 0 Å². The van der Waals surface area contributed by atoms with Crippen LogP contribution in [0.2, 0.25) is 0 Å². The molecular formula is C21H22FN3O2. The molecule has 2 aliphatic rings. The second-order valence-electron chi connectivity index (χ2n) is 7.37. The van der Waals surface area contributed by atoms with Crippen molar-refractivity contribution in [2.45, 2.75) is 31.6 Å². The third kappa shape index (κ3) is 2.95. The van der Waals surface area contributed by atoms with Gasteiger partial charge in [-0.2, -0.15) is 5.48 Å². The number of piperidine rings is 1. The van der Waals surface area contributed by atoms with Crippen molar-refractivity contribution in [3.63, 3.8) is 0 Å². The molecule has 2 aromatic carbocycles. The Morgan fingerprint density at radius 2 is 2.00 bits per heavy atom. The molecule has 3 heterocycles. The van der Waals surface area contributed by atoms with Crippen molar-refractivity contribution >= 4 is 10.9 Å². The van der Waals surface area contributed by atoms with Gasteiger partial charge in [0.2, 0.25) is 0 Å². The summed E-state index contributed by atoms with van der Waals surface area (Å²) < 4.78 is 14.0. The number of hydrogen-bond acceptors (Lipinski definition) is 4. The Kier molecular flexibility index (Phi) is 4.21. The van der Waals surface area contributed by atoms with Crippen molar-refractivity contribution in [2.75, 3.05) is 13.1 Å². The van der Waals surface area contributed by atoms with Gasteiger partial charge in [-0.15, -0.1) is 0 Å². The number of hydroxylamine groups is 1. The van der Waals surface area contributed by atoms with Crippen LogP contribution in [0.25, 0.3) is 22.2 Å². The molecule has 140 valence electrons. The molecule has 2 aliphatic heterocycles. The summed E-state index contributed by atoms with van der Waals surface area (Å²) in [5, 5.41) is 14.5. The van der Waals surface area contributed by atoms with Crippen LogP contribution in [0.4, 0.5) is 4.39 Å². The number of aromatic amines is 1. The monoisotopic (exact) mass is 367 g/mol. The Morgan fingerprint density at radius 1 is 1.15 bits per heavy atom. The highest BCUT2D eigenvalue weighted by Crippen LogP contribution is 2.37. The molecule has 2 unspecified atom stereocenters. The van der Waals surface area contributed by atoms with Gasteiger partial charge in [0.15, 0.2) is 6.23 Å². The highest BCUT2D eigenvalue weighted by molar-refractivity contribution is 5.93. The van der Waals surface area contributed by atoms with Crippen molar-refractivity contribution in [1.82, 2.24) is 15.8 Å². The van der Waals surface area contributed by atoms with E-state index in [1.165, 1.54) is 30.5 Å². The van der Waals surface area contributed by atoms with Gasteiger partial charge in [0.05, 0.1) is 12.3 Å². The molecule has 5 nitrogen and oxygen atoms in total. The average Bonchev–Trinajstić information content (AvgIpc) is 2.97. The Morgan fingerprint density at radius 3 is 2.78 bits per heavy atom. The molecule has 0 saturated carbocycles. The third-order valence-corrected chi connectivity index (χ3v) is 5.67. The van der Waals surface area contributed by atoms with Gasteiger partial charge in [-0.3, -0.25) is 4.84 Å². The van der Waals surface area contributed by atoms with Crippen LogP contribution >= 0.6 is 0 Å². The van der Waals surface area contributed by atoms with Crippen LogP contribution in [0.5, 0.6) is 0 Å². The van der Waals surface area contributed by atoms with Gasteiger partial charge >= 0.3 is 0 Å². The topological polar surface area (TPSA) is 69.3 Å². The molecule has 1 aromatic heterocycles. The molecule has 2 atom stereocenters. The summed E-state index contributed by atoms with van der Waals surface area (Å²) in [5.74, 6) is 0.167. The number of aromatic nitrogens is 1. The first kappa shape index (κ1) is 16.9. The predicted octanol–water partition coefficient (Wildman–Crippen LogP) is 3.47. The number of halogens is 1. The van der Waals surface area contributed by atoms with Gasteiger partial charge in [0.25, 0.3) is 0 Å². The molecule has 3 aromatic rings. The number of aliphatic hydroxyl groups is 1. The van der Waals surface area contributed by atoms with Crippen molar-refractivity contribution in [3.05, 3.63) is 58.9 Å². The van der Waals surface area contributed by atoms with E-state index in [0.717, 1.165) is 35.3 Å². The van der Waals surface area contributed by atoms with Gasteiger partial charge in [-0.05, 0) is 48.6 Å². The standard InChI is InChI=1S/C21H22FN3O2/c22-15-8-16-19-17(11-27-25-21(16)26)20(24-18(19)9-15)13-5-3-12(4-6-13)14-2-1-7-23-10-14/h3-6,8-9,14,21,23-26H,1-2,7,10-11H2. The highest BCUT2D eigenvalue weighted by atomic mass is 19.1. The lowest BCUT2D eigenvalue weighted by Gasteiger charge is -2.23. The van der Waals surface area contributed by atoms with Gasteiger partial charge in [0, 0.05) is 28.6 Å². The van der Waals surface area contributed by atoms with Crippen molar-refractivity contribution in [2.24, 2.45) is 0 Å². The van der Waals surface area contributed by atoms with E-state index in [2.05, 4.69) is 40.0 Å². The Bertz CT molecular complexity index is 977. The number of H-pyrrole nitrogens is 1. The van der Waals surface area contributed by atoms with E-state index in [4.69, 9.17) is 4.84 Å². The first-order valence-corrected chi connectivity index (χ1v) is 9.41. The van der Waals surface area contributed by atoms with Crippen molar-refractivity contribution in [3.8, 4) is 11.3 Å². The Labute approximate surface area is 156 Å². The summed E-state index contributed by atoms with van der Waals surface area (Å²) in [5.41, 5.74) is 7.92. The summed E-state index contributed by atoms with van der Waals surface area (Å²) in [6.45, 7) is 2.42. The smallest absolute Gasteiger partial charge is 0.153 e. The predicted molar refractivity (Wildman–Crippen MR) is 101 cm³/mol. The quantitative estimate of drug-likeness (QED) is 0.560. The summed E-state index contributed by atoms with van der Waals surface area (Å²) in [6, 6.07) is 11.4.